The van der Waals surface area contributed by atoms with Crippen molar-refractivity contribution in [1.29, 1.82) is 10.8 Å². The van der Waals surface area contributed by atoms with Crippen LogP contribution in [0.15, 0.2) is 40.1 Å². The predicted molar refractivity (Wildman–Crippen MR) is 85.0 cm³/mol. The van der Waals surface area contributed by atoms with Gasteiger partial charge in [0.25, 0.3) is 11.8 Å². The van der Waals surface area contributed by atoms with Crippen molar-refractivity contribution in [3.05, 3.63) is 40.1 Å². The molecule has 0 atom stereocenters. The number of thioether (sulfide) groups is 2. The number of benzene rings is 1. The van der Waals surface area contributed by atoms with E-state index >= 15 is 0 Å². The second-order valence-electron chi connectivity index (χ2n) is 3.87. The van der Waals surface area contributed by atoms with Crippen LogP contribution < -0.4 is 16.4 Å². The Morgan fingerprint density at radius 2 is 1.33 bits per heavy atom. The highest BCUT2D eigenvalue weighted by Crippen LogP contribution is 2.38. The molecule has 0 spiro atoms. The molecule has 108 valence electrons. The van der Waals surface area contributed by atoms with Gasteiger partial charge in [0.1, 0.15) is 9.81 Å². The third-order valence-corrected chi connectivity index (χ3v) is 4.17. The average molecular weight is 321 g/mol. The minimum Gasteiger partial charge on any atom is -0.378 e. The Kier molecular flexibility index (Phi) is 4.34. The lowest BCUT2D eigenvalue weighted by molar-refractivity contribution is -0.120. The molecular formula is C12H11N5O2S2. The van der Waals surface area contributed by atoms with Gasteiger partial charge in [-0.3, -0.25) is 20.4 Å². The molecule has 0 bridgehead atoms. The number of carbonyl (C=O) groups excluding carboxylic acids is 2. The smallest absolute Gasteiger partial charge is 0.273 e. The maximum Gasteiger partial charge on any atom is 0.273 e. The van der Waals surface area contributed by atoms with Crippen molar-refractivity contribution >= 4 is 51.4 Å². The first-order valence-corrected chi connectivity index (χ1v) is 7.27. The van der Waals surface area contributed by atoms with E-state index in [0.717, 1.165) is 4.90 Å². The molecule has 0 saturated heterocycles. The first-order valence-electron chi connectivity index (χ1n) is 5.63. The molecule has 0 aliphatic carbocycles. The highest BCUT2D eigenvalue weighted by molar-refractivity contribution is 8.21. The lowest BCUT2D eigenvalue weighted by Gasteiger charge is -2.14. The van der Waals surface area contributed by atoms with Gasteiger partial charge >= 0.3 is 0 Å². The van der Waals surface area contributed by atoms with Crippen LogP contribution in [0.25, 0.3) is 0 Å². The number of amidine groups is 2. The molecular weight excluding hydrogens is 310 g/mol. The fraction of sp³-hybridized carbons (Fsp3) is 0. The number of nitrogens with zero attached hydrogens (tertiary/aromatic N) is 1. The van der Waals surface area contributed by atoms with E-state index in [0.29, 0.717) is 29.2 Å². The number of nitrogens with two attached hydrogens (primary N) is 2. The fourth-order valence-corrected chi connectivity index (χ4v) is 3.11. The van der Waals surface area contributed by atoms with E-state index in [4.69, 9.17) is 22.3 Å². The van der Waals surface area contributed by atoms with Crippen molar-refractivity contribution in [3.8, 4) is 0 Å². The first kappa shape index (κ1) is 15.1. The van der Waals surface area contributed by atoms with E-state index in [2.05, 4.69) is 0 Å². The molecule has 1 heterocycles. The zero-order valence-corrected chi connectivity index (χ0v) is 12.3. The molecule has 1 aliphatic rings. The lowest BCUT2D eigenvalue weighted by atomic mass is 10.3. The van der Waals surface area contributed by atoms with E-state index in [-0.39, 0.29) is 20.1 Å². The molecule has 9 heteroatoms. The molecule has 1 aliphatic heterocycles. The summed E-state index contributed by atoms with van der Waals surface area (Å²) in [5, 5.41) is 13.9. The molecule has 1 aromatic carbocycles. The number of carbonyl (C=O) groups is 2. The van der Waals surface area contributed by atoms with Gasteiger partial charge in [0.2, 0.25) is 0 Å². The summed E-state index contributed by atoms with van der Waals surface area (Å²) >= 11 is 1.36. The fourth-order valence-electron chi connectivity index (χ4n) is 1.70. The number of imide groups is 1. The molecule has 2 amide bonds. The molecule has 0 aromatic heterocycles. The summed E-state index contributed by atoms with van der Waals surface area (Å²) in [6, 6.07) is 8.40. The maximum atomic E-state index is 12.4. The summed E-state index contributed by atoms with van der Waals surface area (Å²) in [6.07, 6.45) is 0. The molecule has 7 nitrogen and oxygen atoms in total. The van der Waals surface area contributed by atoms with Gasteiger partial charge in [-0.15, -0.1) is 0 Å². The summed E-state index contributed by atoms with van der Waals surface area (Å²) in [6.45, 7) is 0. The van der Waals surface area contributed by atoms with Crippen LogP contribution in [0.1, 0.15) is 0 Å². The zero-order chi connectivity index (χ0) is 15.6. The van der Waals surface area contributed by atoms with Crippen molar-refractivity contribution in [2.24, 2.45) is 11.5 Å². The van der Waals surface area contributed by atoms with Gasteiger partial charge in [-0.2, -0.15) is 0 Å². The minimum absolute atomic E-state index is 0.0107. The highest BCUT2D eigenvalue weighted by atomic mass is 32.2. The van der Waals surface area contributed by atoms with E-state index in [1.165, 1.54) is 0 Å². The highest BCUT2D eigenvalue weighted by Gasteiger charge is 2.40. The third kappa shape index (κ3) is 3.09. The summed E-state index contributed by atoms with van der Waals surface area (Å²) in [7, 11) is 0. The quantitative estimate of drug-likeness (QED) is 0.373. The lowest BCUT2D eigenvalue weighted by Crippen LogP contribution is -2.31. The number of amides is 2. The first-order chi connectivity index (χ1) is 9.91. The van der Waals surface area contributed by atoms with E-state index < -0.39 is 11.8 Å². The molecule has 0 radical (unpaired) electrons. The Bertz CT molecular complexity index is 633. The Balaban J connectivity index is 2.44. The normalized spacial score (nSPS) is 14.8. The number of nitrogens with one attached hydrogen (secondary N) is 2. The molecule has 1 aromatic rings. The average Bonchev–Trinajstić information content (AvgIpc) is 2.63. The van der Waals surface area contributed by atoms with Crippen LogP contribution in [0.5, 0.6) is 0 Å². The van der Waals surface area contributed by atoms with E-state index in [1.54, 1.807) is 30.3 Å². The summed E-state index contributed by atoms with van der Waals surface area (Å²) < 4.78 is 0. The van der Waals surface area contributed by atoms with Gasteiger partial charge in [0.15, 0.2) is 10.3 Å². The van der Waals surface area contributed by atoms with Crippen molar-refractivity contribution in [2.45, 2.75) is 0 Å². The second kappa shape index (κ2) is 6.02. The Hall–Kier alpha value is -2.26. The van der Waals surface area contributed by atoms with Crippen LogP contribution in [0.2, 0.25) is 0 Å². The monoisotopic (exact) mass is 321 g/mol. The van der Waals surface area contributed by atoms with Gasteiger partial charge in [-0.25, -0.2) is 4.90 Å². The largest absolute Gasteiger partial charge is 0.378 e. The Morgan fingerprint density at radius 3 is 1.71 bits per heavy atom. The number of para-hydroxylation sites is 1. The van der Waals surface area contributed by atoms with Crippen molar-refractivity contribution in [1.82, 2.24) is 0 Å². The summed E-state index contributed by atoms with van der Waals surface area (Å²) in [5.41, 5.74) is 11.0. The number of anilines is 1. The van der Waals surface area contributed by atoms with Gasteiger partial charge in [0, 0.05) is 0 Å². The predicted octanol–water partition coefficient (Wildman–Crippen LogP) is 1.02. The molecule has 2 rings (SSSR count). The molecule has 0 unspecified atom stereocenters. The minimum atomic E-state index is -0.574. The van der Waals surface area contributed by atoms with Gasteiger partial charge in [0.05, 0.1) is 5.69 Å². The van der Waals surface area contributed by atoms with Crippen LogP contribution in [0, 0.1) is 10.8 Å². The van der Waals surface area contributed by atoms with Crippen molar-refractivity contribution < 1.29 is 9.59 Å². The Morgan fingerprint density at radius 1 is 0.905 bits per heavy atom. The SMILES string of the molecule is N=C(N)SC1=C(SC(=N)N)C(=O)N(c2ccccc2)C1=O. The molecule has 6 N–H and O–H groups in total. The van der Waals surface area contributed by atoms with Gasteiger partial charge in [-0.05, 0) is 35.7 Å². The second-order valence-corrected chi connectivity index (χ2v) is 5.98. The van der Waals surface area contributed by atoms with Crippen molar-refractivity contribution in [3.63, 3.8) is 0 Å². The van der Waals surface area contributed by atoms with Crippen LogP contribution in [-0.4, -0.2) is 22.1 Å². The number of rotatable bonds is 3. The summed E-state index contributed by atoms with van der Waals surface area (Å²) in [4.78, 5) is 25.8. The zero-order valence-electron chi connectivity index (χ0n) is 10.6. The summed E-state index contributed by atoms with van der Waals surface area (Å²) in [5.74, 6) is -1.15. The van der Waals surface area contributed by atoms with Gasteiger partial charge < -0.3 is 11.5 Å². The van der Waals surface area contributed by atoms with Crippen LogP contribution in [-0.2, 0) is 9.59 Å². The maximum absolute atomic E-state index is 12.4. The topological polar surface area (TPSA) is 137 Å². The van der Waals surface area contributed by atoms with E-state index in [1.807, 2.05) is 0 Å². The van der Waals surface area contributed by atoms with Gasteiger partial charge in [-0.1, -0.05) is 18.2 Å². The standard InChI is InChI=1S/C12H11N5O2S2/c13-11(14)20-7-8(21-12(15)16)10(19)17(9(7)18)6-4-2-1-3-5-6/h1-5H,(H3,13,14)(H3,15,16). The van der Waals surface area contributed by atoms with Crippen LogP contribution in [0.3, 0.4) is 0 Å². The molecule has 21 heavy (non-hydrogen) atoms. The van der Waals surface area contributed by atoms with E-state index in [9.17, 15) is 9.59 Å². The molecule has 0 saturated carbocycles. The number of hydrogen-bond donors (Lipinski definition) is 4. The van der Waals surface area contributed by atoms with Crippen LogP contribution in [0.4, 0.5) is 5.69 Å². The number of hydrogen-bond acceptors (Lipinski definition) is 6. The Labute approximate surface area is 128 Å². The van der Waals surface area contributed by atoms with Crippen molar-refractivity contribution in [2.75, 3.05) is 4.90 Å². The third-order valence-electron chi connectivity index (χ3n) is 2.44. The van der Waals surface area contributed by atoms with Crippen LogP contribution >= 0.6 is 23.5 Å². The molecule has 0 fully saturated rings.